The van der Waals surface area contributed by atoms with E-state index in [0.717, 1.165) is 25.7 Å². The summed E-state index contributed by atoms with van der Waals surface area (Å²) in [6.45, 7) is 0.705. The number of hydrogen-bond donors (Lipinski definition) is 1. The molecule has 1 saturated carbocycles. The standard InChI is InChI=1S/C16H24N2OS/c1-18(14-6-2-4-11(14)10-17)16(19)13-5-3-7-15-12(13)8-9-20-15/h8-9,11,13-14H,2-7,10,17H2,1H3. The summed E-state index contributed by atoms with van der Waals surface area (Å²) in [6, 6.07) is 2.52. The van der Waals surface area contributed by atoms with Gasteiger partial charge in [0.25, 0.3) is 0 Å². The van der Waals surface area contributed by atoms with Crippen molar-refractivity contribution in [2.75, 3.05) is 13.6 Å². The van der Waals surface area contributed by atoms with Gasteiger partial charge in [0.05, 0.1) is 5.92 Å². The topological polar surface area (TPSA) is 46.3 Å². The van der Waals surface area contributed by atoms with Crippen molar-refractivity contribution in [3.8, 4) is 0 Å². The number of carbonyl (C=O) groups is 1. The van der Waals surface area contributed by atoms with E-state index in [-0.39, 0.29) is 5.92 Å². The lowest BCUT2D eigenvalue weighted by Gasteiger charge is -2.33. The van der Waals surface area contributed by atoms with Gasteiger partial charge in [-0.1, -0.05) is 6.42 Å². The average molecular weight is 292 g/mol. The van der Waals surface area contributed by atoms with Crippen LogP contribution < -0.4 is 5.73 Å². The van der Waals surface area contributed by atoms with Gasteiger partial charge < -0.3 is 10.6 Å². The number of nitrogens with two attached hydrogens (primary N) is 1. The largest absolute Gasteiger partial charge is 0.342 e. The van der Waals surface area contributed by atoms with Crippen LogP contribution >= 0.6 is 11.3 Å². The first kappa shape index (κ1) is 14.1. The zero-order valence-corrected chi connectivity index (χ0v) is 13.0. The molecule has 0 bridgehead atoms. The molecule has 1 amide bonds. The van der Waals surface area contributed by atoms with Gasteiger partial charge in [0.1, 0.15) is 0 Å². The van der Waals surface area contributed by atoms with Crippen LogP contribution in [0, 0.1) is 5.92 Å². The van der Waals surface area contributed by atoms with Gasteiger partial charge >= 0.3 is 0 Å². The van der Waals surface area contributed by atoms with Crippen molar-refractivity contribution in [3.63, 3.8) is 0 Å². The summed E-state index contributed by atoms with van der Waals surface area (Å²) in [5.41, 5.74) is 7.16. The number of carbonyl (C=O) groups excluding carboxylic acids is 1. The molecule has 3 atom stereocenters. The Balaban J connectivity index is 1.76. The van der Waals surface area contributed by atoms with Gasteiger partial charge in [0, 0.05) is 18.0 Å². The van der Waals surface area contributed by atoms with Crippen molar-refractivity contribution in [1.29, 1.82) is 0 Å². The summed E-state index contributed by atoms with van der Waals surface area (Å²) in [5, 5.41) is 2.13. The fourth-order valence-corrected chi connectivity index (χ4v) is 4.94. The molecule has 1 heterocycles. The highest BCUT2D eigenvalue weighted by Gasteiger charge is 2.36. The van der Waals surface area contributed by atoms with Gasteiger partial charge in [-0.3, -0.25) is 4.79 Å². The van der Waals surface area contributed by atoms with Crippen molar-refractivity contribution in [2.24, 2.45) is 11.7 Å². The molecular weight excluding hydrogens is 268 g/mol. The average Bonchev–Trinajstić information content (AvgIpc) is 3.13. The molecule has 0 aliphatic heterocycles. The normalized spacial score (nSPS) is 29.2. The summed E-state index contributed by atoms with van der Waals surface area (Å²) >= 11 is 1.80. The number of likely N-dealkylation sites (N-methyl/N-ethyl adjacent to an activating group) is 1. The second kappa shape index (κ2) is 5.86. The Hall–Kier alpha value is -0.870. The van der Waals surface area contributed by atoms with Crippen molar-refractivity contribution in [1.82, 2.24) is 4.90 Å². The third-order valence-corrected chi connectivity index (χ3v) is 6.11. The fourth-order valence-electron chi connectivity index (χ4n) is 3.95. The van der Waals surface area contributed by atoms with Crippen molar-refractivity contribution in [3.05, 3.63) is 21.9 Å². The quantitative estimate of drug-likeness (QED) is 0.931. The molecule has 0 aromatic carbocycles. The molecule has 2 aliphatic rings. The molecule has 1 fully saturated rings. The Kier molecular flexibility index (Phi) is 4.13. The monoisotopic (exact) mass is 292 g/mol. The minimum atomic E-state index is 0.0917. The van der Waals surface area contributed by atoms with Crippen LogP contribution in [0.2, 0.25) is 0 Å². The molecule has 2 aliphatic carbocycles. The van der Waals surface area contributed by atoms with Gasteiger partial charge in [-0.15, -0.1) is 11.3 Å². The Morgan fingerprint density at radius 1 is 1.40 bits per heavy atom. The van der Waals surface area contributed by atoms with Gasteiger partial charge in [0.2, 0.25) is 5.91 Å². The van der Waals surface area contributed by atoms with Crippen LogP contribution in [-0.2, 0) is 11.2 Å². The lowest BCUT2D eigenvalue weighted by molar-refractivity contribution is -0.134. The molecule has 4 heteroatoms. The minimum Gasteiger partial charge on any atom is -0.342 e. The van der Waals surface area contributed by atoms with E-state index in [1.165, 1.54) is 23.3 Å². The van der Waals surface area contributed by atoms with E-state index in [1.807, 2.05) is 11.9 Å². The van der Waals surface area contributed by atoms with Crippen molar-refractivity contribution < 1.29 is 4.79 Å². The second-order valence-corrected chi connectivity index (χ2v) is 7.19. The number of rotatable bonds is 3. The van der Waals surface area contributed by atoms with Crippen molar-refractivity contribution >= 4 is 17.2 Å². The van der Waals surface area contributed by atoms with Crippen LogP contribution in [0.4, 0.5) is 0 Å². The minimum absolute atomic E-state index is 0.0917. The van der Waals surface area contributed by atoms with E-state index in [9.17, 15) is 4.79 Å². The molecule has 3 nitrogen and oxygen atoms in total. The summed E-state index contributed by atoms with van der Waals surface area (Å²) in [4.78, 5) is 16.3. The van der Waals surface area contributed by atoms with E-state index in [1.54, 1.807) is 11.3 Å². The van der Waals surface area contributed by atoms with E-state index < -0.39 is 0 Å². The molecule has 3 rings (SSSR count). The highest BCUT2D eigenvalue weighted by atomic mass is 32.1. The SMILES string of the molecule is CN(C(=O)C1CCCc2sccc21)C1CCCC1CN. The first-order valence-corrected chi connectivity index (χ1v) is 8.63. The molecule has 2 N–H and O–H groups in total. The Morgan fingerprint density at radius 3 is 3.05 bits per heavy atom. The van der Waals surface area contributed by atoms with Gasteiger partial charge in [-0.05, 0) is 61.6 Å². The van der Waals surface area contributed by atoms with Gasteiger partial charge in [0.15, 0.2) is 0 Å². The van der Waals surface area contributed by atoms with Gasteiger partial charge in [-0.25, -0.2) is 0 Å². The number of aryl methyl sites for hydroxylation is 1. The van der Waals surface area contributed by atoms with Crippen LogP contribution in [0.1, 0.15) is 48.5 Å². The fraction of sp³-hybridized carbons (Fsp3) is 0.688. The number of amides is 1. The molecule has 1 aromatic heterocycles. The third-order valence-electron chi connectivity index (χ3n) is 5.12. The summed E-state index contributed by atoms with van der Waals surface area (Å²) in [7, 11) is 1.99. The van der Waals surface area contributed by atoms with Crippen LogP contribution in [0.15, 0.2) is 11.4 Å². The van der Waals surface area contributed by atoms with E-state index >= 15 is 0 Å². The predicted octanol–water partition coefficient (Wildman–Crippen LogP) is 2.75. The molecule has 110 valence electrons. The maximum Gasteiger partial charge on any atom is 0.230 e. The number of thiophene rings is 1. The van der Waals surface area contributed by atoms with Crippen LogP contribution in [-0.4, -0.2) is 30.4 Å². The number of hydrogen-bond acceptors (Lipinski definition) is 3. The maximum atomic E-state index is 12.9. The van der Waals surface area contributed by atoms with Gasteiger partial charge in [-0.2, -0.15) is 0 Å². The zero-order valence-electron chi connectivity index (χ0n) is 12.2. The third kappa shape index (κ3) is 2.40. The predicted molar refractivity (Wildman–Crippen MR) is 83.0 cm³/mol. The summed E-state index contributed by atoms with van der Waals surface area (Å²) in [5.74, 6) is 0.901. The molecule has 0 spiro atoms. The van der Waals surface area contributed by atoms with E-state index in [4.69, 9.17) is 5.73 Å². The molecule has 20 heavy (non-hydrogen) atoms. The maximum absolute atomic E-state index is 12.9. The highest BCUT2D eigenvalue weighted by Crippen LogP contribution is 2.37. The smallest absolute Gasteiger partial charge is 0.230 e. The summed E-state index contributed by atoms with van der Waals surface area (Å²) < 4.78 is 0. The molecular formula is C16H24N2OS. The number of nitrogens with zero attached hydrogens (tertiary/aromatic N) is 1. The highest BCUT2D eigenvalue weighted by molar-refractivity contribution is 7.10. The first-order valence-electron chi connectivity index (χ1n) is 7.75. The Labute approximate surface area is 125 Å². The Morgan fingerprint density at radius 2 is 2.25 bits per heavy atom. The number of fused-ring (bicyclic) bond motifs is 1. The molecule has 0 saturated heterocycles. The first-order chi connectivity index (χ1) is 9.72. The van der Waals surface area contributed by atoms with Crippen LogP contribution in [0.25, 0.3) is 0 Å². The lowest BCUT2D eigenvalue weighted by Crippen LogP contribution is -2.44. The molecule has 0 radical (unpaired) electrons. The Bertz CT molecular complexity index is 485. The van der Waals surface area contributed by atoms with Crippen LogP contribution in [0.3, 0.4) is 0 Å². The van der Waals surface area contributed by atoms with Crippen LogP contribution in [0.5, 0.6) is 0 Å². The second-order valence-electron chi connectivity index (χ2n) is 6.19. The van der Waals surface area contributed by atoms with Crippen molar-refractivity contribution in [2.45, 2.75) is 50.5 Å². The van der Waals surface area contributed by atoms with E-state index in [2.05, 4.69) is 11.4 Å². The lowest BCUT2D eigenvalue weighted by atomic mass is 9.86. The zero-order chi connectivity index (χ0) is 14.1. The molecule has 1 aromatic rings. The van der Waals surface area contributed by atoms with E-state index in [0.29, 0.717) is 24.4 Å². The molecule has 3 unspecified atom stereocenters. The summed E-state index contributed by atoms with van der Waals surface area (Å²) in [6.07, 6.45) is 6.80.